The fourth-order valence-electron chi connectivity index (χ4n) is 0.318. The van der Waals surface area contributed by atoms with Gasteiger partial charge in [0.15, 0.2) is 5.78 Å². The summed E-state index contributed by atoms with van der Waals surface area (Å²) in [6, 6.07) is 0. The summed E-state index contributed by atoms with van der Waals surface area (Å²) in [5.74, 6) is 0.111. The van der Waals surface area contributed by atoms with E-state index in [9.17, 15) is 4.79 Å². The Morgan fingerprint density at radius 3 is 2.12 bits per heavy atom. The van der Waals surface area contributed by atoms with E-state index in [0.29, 0.717) is 0 Å². The molecule has 0 bridgehead atoms. The van der Waals surface area contributed by atoms with E-state index in [1.807, 2.05) is 0 Å². The smallest absolute Gasteiger partial charge is 0.156 e. The maximum absolute atomic E-state index is 10.4. The van der Waals surface area contributed by atoms with E-state index in [-0.39, 0.29) is 5.78 Å². The van der Waals surface area contributed by atoms with E-state index in [2.05, 4.69) is 5.32 Å². The van der Waals surface area contributed by atoms with Gasteiger partial charge in [0.2, 0.25) is 0 Å². The first-order chi connectivity index (χ1) is 3.68. The van der Waals surface area contributed by atoms with Gasteiger partial charge < -0.3 is 5.32 Å². The third-order valence-corrected chi connectivity index (χ3v) is 0.916. The molecular formula is C6H11NO. The van der Waals surface area contributed by atoms with Gasteiger partial charge in [-0.2, -0.15) is 0 Å². The van der Waals surface area contributed by atoms with Crippen LogP contribution in [0.3, 0.4) is 0 Å². The maximum Gasteiger partial charge on any atom is 0.156 e. The molecule has 1 N–H and O–H groups in total. The zero-order valence-corrected chi connectivity index (χ0v) is 5.49. The molecule has 0 rings (SSSR count). The van der Waals surface area contributed by atoms with Crippen molar-refractivity contribution >= 4 is 5.78 Å². The molecule has 2 heteroatoms. The summed E-state index contributed by atoms with van der Waals surface area (Å²) in [4.78, 5) is 10.4. The molecule has 0 aromatic carbocycles. The van der Waals surface area contributed by atoms with Gasteiger partial charge in [0.05, 0.1) is 0 Å². The Morgan fingerprint density at radius 1 is 1.50 bits per heavy atom. The van der Waals surface area contributed by atoms with E-state index in [4.69, 9.17) is 0 Å². The third kappa shape index (κ3) is 2.39. The van der Waals surface area contributed by atoms with Gasteiger partial charge in [-0.1, -0.05) is 0 Å². The highest BCUT2D eigenvalue weighted by molar-refractivity contribution is 5.92. The Morgan fingerprint density at radius 2 is 2.00 bits per heavy atom. The Bertz CT molecular complexity index is 116. The fourth-order valence-corrected chi connectivity index (χ4v) is 0.318. The van der Waals surface area contributed by atoms with Crippen LogP contribution < -0.4 is 5.32 Å². The molecule has 0 heterocycles. The zero-order chi connectivity index (χ0) is 6.57. The number of hydrogen-bond acceptors (Lipinski definition) is 2. The molecule has 0 atom stereocenters. The van der Waals surface area contributed by atoms with Crippen molar-refractivity contribution in [3.63, 3.8) is 0 Å². The van der Waals surface area contributed by atoms with E-state index in [0.717, 1.165) is 5.57 Å². The molecule has 0 aliphatic rings. The van der Waals surface area contributed by atoms with Gasteiger partial charge in [0.1, 0.15) is 0 Å². The van der Waals surface area contributed by atoms with Crippen molar-refractivity contribution < 1.29 is 4.79 Å². The van der Waals surface area contributed by atoms with E-state index in [1.165, 1.54) is 0 Å². The first-order valence-electron chi connectivity index (χ1n) is 2.53. The Balaban J connectivity index is 3.80. The summed E-state index contributed by atoms with van der Waals surface area (Å²) in [6.07, 6.45) is 1.68. The summed E-state index contributed by atoms with van der Waals surface area (Å²) < 4.78 is 0. The first-order valence-corrected chi connectivity index (χ1v) is 2.53. The van der Waals surface area contributed by atoms with Crippen molar-refractivity contribution in [3.05, 3.63) is 11.8 Å². The van der Waals surface area contributed by atoms with Crippen molar-refractivity contribution in [2.24, 2.45) is 0 Å². The minimum atomic E-state index is 0.111. The van der Waals surface area contributed by atoms with Crippen LogP contribution in [0.15, 0.2) is 11.8 Å². The van der Waals surface area contributed by atoms with Crippen LogP contribution in [0.4, 0.5) is 0 Å². The number of carbonyl (C=O) groups is 1. The standard InChI is InChI=1S/C6H11NO/c1-5(4-7-3)6(2)8/h4,7H,1-3H3/b5-4+. The lowest BCUT2D eigenvalue weighted by Gasteiger charge is -1.90. The van der Waals surface area contributed by atoms with Gasteiger partial charge in [-0.25, -0.2) is 0 Å². The highest BCUT2D eigenvalue weighted by Gasteiger charge is 1.91. The predicted molar refractivity (Wildman–Crippen MR) is 33.5 cm³/mol. The van der Waals surface area contributed by atoms with E-state index >= 15 is 0 Å². The highest BCUT2D eigenvalue weighted by atomic mass is 16.1. The minimum absolute atomic E-state index is 0.111. The minimum Gasteiger partial charge on any atom is -0.394 e. The second kappa shape index (κ2) is 3.24. The SMILES string of the molecule is CN/C=C(\C)C(C)=O. The summed E-state index contributed by atoms with van der Waals surface area (Å²) in [5.41, 5.74) is 0.757. The largest absolute Gasteiger partial charge is 0.394 e. The van der Waals surface area contributed by atoms with Crippen molar-refractivity contribution in [1.29, 1.82) is 0 Å². The molecule has 0 fully saturated rings. The lowest BCUT2D eigenvalue weighted by atomic mass is 10.2. The highest BCUT2D eigenvalue weighted by Crippen LogP contribution is 1.88. The number of hydrogen-bond donors (Lipinski definition) is 1. The maximum atomic E-state index is 10.4. The summed E-state index contributed by atoms with van der Waals surface area (Å²) in [5, 5.41) is 2.77. The number of Topliss-reactive ketones (excluding diaryl/α,β-unsaturated/α-hetero) is 1. The quantitative estimate of drug-likeness (QED) is 0.534. The molecule has 0 aromatic rings. The molecule has 8 heavy (non-hydrogen) atoms. The molecule has 0 spiro atoms. The average Bonchev–Trinajstić information content (AvgIpc) is 1.67. The first kappa shape index (κ1) is 7.21. The second-order valence-corrected chi connectivity index (χ2v) is 1.67. The lowest BCUT2D eigenvalue weighted by Crippen LogP contribution is -1.99. The lowest BCUT2D eigenvalue weighted by molar-refractivity contribution is -0.113. The Labute approximate surface area is 49.6 Å². The van der Waals surface area contributed by atoms with Crippen LogP contribution in [0.5, 0.6) is 0 Å². The van der Waals surface area contributed by atoms with Crippen molar-refractivity contribution in [3.8, 4) is 0 Å². The molecule has 0 saturated heterocycles. The molecule has 0 aromatic heterocycles. The van der Waals surface area contributed by atoms with Gasteiger partial charge in [0.25, 0.3) is 0 Å². The number of ketones is 1. The molecule has 0 radical (unpaired) electrons. The summed E-state index contributed by atoms with van der Waals surface area (Å²) in [7, 11) is 1.77. The van der Waals surface area contributed by atoms with Crippen LogP contribution in [-0.4, -0.2) is 12.8 Å². The summed E-state index contributed by atoms with van der Waals surface area (Å²) >= 11 is 0. The van der Waals surface area contributed by atoms with Gasteiger partial charge >= 0.3 is 0 Å². The third-order valence-electron chi connectivity index (χ3n) is 0.916. The number of rotatable bonds is 2. The van der Waals surface area contributed by atoms with Crippen molar-refractivity contribution in [2.45, 2.75) is 13.8 Å². The predicted octanol–water partition coefficient (Wildman–Crippen LogP) is 0.699. The van der Waals surface area contributed by atoms with Crippen molar-refractivity contribution in [1.82, 2.24) is 5.32 Å². The number of allylic oxidation sites excluding steroid dienone is 1. The van der Waals surface area contributed by atoms with Crippen LogP contribution in [0.1, 0.15) is 13.8 Å². The van der Waals surface area contributed by atoms with Gasteiger partial charge in [-0.15, -0.1) is 0 Å². The number of nitrogens with one attached hydrogen (secondary N) is 1. The van der Waals surface area contributed by atoms with Gasteiger partial charge in [-0.05, 0) is 13.8 Å². The molecule has 0 saturated carbocycles. The van der Waals surface area contributed by atoms with Gasteiger partial charge in [0, 0.05) is 18.8 Å². The van der Waals surface area contributed by atoms with Crippen LogP contribution in [-0.2, 0) is 4.79 Å². The molecule has 0 unspecified atom stereocenters. The molecular weight excluding hydrogens is 102 g/mol. The van der Waals surface area contributed by atoms with Crippen LogP contribution >= 0.6 is 0 Å². The fraction of sp³-hybridized carbons (Fsp3) is 0.500. The Kier molecular flexibility index (Phi) is 2.92. The molecule has 0 amide bonds. The summed E-state index contributed by atoms with van der Waals surface area (Å²) in [6.45, 7) is 3.32. The topological polar surface area (TPSA) is 29.1 Å². The van der Waals surface area contributed by atoms with Gasteiger partial charge in [-0.3, -0.25) is 4.79 Å². The monoisotopic (exact) mass is 113 g/mol. The zero-order valence-electron chi connectivity index (χ0n) is 5.49. The van der Waals surface area contributed by atoms with E-state index < -0.39 is 0 Å². The average molecular weight is 113 g/mol. The van der Waals surface area contributed by atoms with Crippen LogP contribution in [0, 0.1) is 0 Å². The van der Waals surface area contributed by atoms with Crippen LogP contribution in [0.2, 0.25) is 0 Å². The molecule has 0 aliphatic heterocycles. The molecule has 0 aliphatic carbocycles. The van der Waals surface area contributed by atoms with Crippen molar-refractivity contribution in [2.75, 3.05) is 7.05 Å². The molecule has 46 valence electrons. The number of carbonyl (C=O) groups excluding carboxylic acids is 1. The normalized spacial score (nSPS) is 11.1. The molecule has 2 nitrogen and oxygen atoms in total. The Hall–Kier alpha value is -0.790. The van der Waals surface area contributed by atoms with Crippen LogP contribution in [0.25, 0.3) is 0 Å². The van der Waals surface area contributed by atoms with E-state index in [1.54, 1.807) is 27.1 Å². The second-order valence-electron chi connectivity index (χ2n) is 1.67.